The van der Waals surface area contributed by atoms with E-state index in [2.05, 4.69) is 92.6 Å². The van der Waals surface area contributed by atoms with Crippen LogP contribution in [0, 0.1) is 11.3 Å². The number of carbonyl (C=O) groups excluding carboxylic acids is 1. The summed E-state index contributed by atoms with van der Waals surface area (Å²) in [5, 5.41) is 11.9. The van der Waals surface area contributed by atoms with E-state index in [0.717, 1.165) is 16.7 Å². The molecule has 2 N–H and O–H groups in total. The first kappa shape index (κ1) is 50.4. The molecule has 3 heterocycles. The second kappa shape index (κ2) is 21.3. The lowest BCUT2D eigenvalue weighted by molar-refractivity contribution is -0.114. The second-order valence-electron chi connectivity index (χ2n) is 18.3. The zero-order valence-electron chi connectivity index (χ0n) is 40.0. The highest BCUT2D eigenvalue weighted by Crippen LogP contribution is 2.53. The van der Waals surface area contributed by atoms with Crippen molar-refractivity contribution >= 4 is 39.9 Å². The van der Waals surface area contributed by atoms with Gasteiger partial charge in [0.15, 0.2) is 25.7 Å². The average molecular weight is 943 g/mol. The molecule has 18 heteroatoms. The van der Waals surface area contributed by atoms with Crippen molar-refractivity contribution in [1.29, 1.82) is 5.26 Å². The van der Waals surface area contributed by atoms with Crippen molar-refractivity contribution in [2.24, 2.45) is 0 Å². The third-order valence-electron chi connectivity index (χ3n) is 12.0. The Labute approximate surface area is 390 Å². The van der Waals surface area contributed by atoms with Gasteiger partial charge in [-0.2, -0.15) is 10.2 Å². The molecule has 0 radical (unpaired) electrons. The zero-order valence-corrected chi connectivity index (χ0v) is 41.9. The van der Waals surface area contributed by atoms with Crippen LogP contribution in [0.4, 0.5) is 5.95 Å². The quantitative estimate of drug-likeness (QED) is 0.0326. The molecule has 1 aliphatic heterocycles. The van der Waals surface area contributed by atoms with Crippen LogP contribution < -0.4 is 20.3 Å². The monoisotopic (exact) mass is 942 g/mol. The molecule has 5 aromatic rings. The van der Waals surface area contributed by atoms with E-state index in [9.17, 15) is 14.9 Å². The Hall–Kier alpha value is -5.02. The largest absolute Gasteiger partial charge is 0.497 e. The number of aromatic nitrogens is 4. The van der Waals surface area contributed by atoms with Crippen molar-refractivity contribution in [2.75, 3.05) is 32.8 Å². The Kier molecular flexibility index (Phi) is 16.3. The number of carbonyl (C=O) groups is 1. The maximum Gasteiger partial charge on any atom is 0.280 e. The first-order valence-electron chi connectivity index (χ1n) is 22.2. The second-order valence-corrected chi connectivity index (χ2v) is 24.4. The van der Waals surface area contributed by atoms with Gasteiger partial charge in [0.05, 0.1) is 46.3 Å². The van der Waals surface area contributed by atoms with Crippen LogP contribution >= 0.6 is 8.53 Å². The average Bonchev–Trinajstić information content (AvgIpc) is 3.84. The van der Waals surface area contributed by atoms with E-state index in [4.69, 9.17) is 32.4 Å². The van der Waals surface area contributed by atoms with E-state index >= 15 is 0 Å². The van der Waals surface area contributed by atoms with Gasteiger partial charge in [-0.05, 0) is 86.8 Å². The van der Waals surface area contributed by atoms with E-state index in [-0.39, 0.29) is 53.9 Å². The predicted octanol–water partition coefficient (Wildman–Crippen LogP) is 9.05. The summed E-state index contributed by atoms with van der Waals surface area (Å²) in [4.78, 5) is 37.4. The first-order chi connectivity index (χ1) is 31.3. The standard InChI is InChI=1S/C48H64N7O9PSi/c1-31(2)55(32(3)4)65(61-28-16-27-49)63-41-39(29-60-48(34-17-14-13-15-18-34,35-19-23-37(58-9)24-20-35)36-21-25-38(59-10)26-22-36)62-45(42(41)64-66(11,12)47(6,7)8)54-30-50-40-43(54)52-46(51-33(5)56)53-44(40)57/h13-15,17-26,30-32,39,41-42,45H,16,28-29H2,1-12H3,(H2,51,52,53,56,57)/i53+1. The highest BCUT2D eigenvalue weighted by atomic mass is 31.2. The molecule has 5 unspecified atom stereocenters. The van der Waals surface area contributed by atoms with E-state index in [0.29, 0.717) is 11.5 Å². The molecule has 16 nitrogen and oxygen atoms in total. The Bertz CT molecular complexity index is 2430. The summed E-state index contributed by atoms with van der Waals surface area (Å²) in [7, 11) is -1.28. The van der Waals surface area contributed by atoms with Crippen LogP contribution in [0.15, 0.2) is 90.0 Å². The third-order valence-corrected chi connectivity index (χ3v) is 18.6. The summed E-state index contributed by atoms with van der Waals surface area (Å²) in [5.74, 6) is 0.913. The molecule has 1 fully saturated rings. The van der Waals surface area contributed by atoms with Crippen LogP contribution in [0.25, 0.3) is 11.2 Å². The molecule has 2 aromatic heterocycles. The number of ether oxygens (including phenoxy) is 4. The number of imidazole rings is 1. The number of anilines is 1. The zero-order chi connectivity index (χ0) is 48.0. The van der Waals surface area contributed by atoms with E-state index < -0.39 is 58.5 Å². The molecule has 0 bridgehead atoms. The number of fused-ring (bicyclic) bond motifs is 1. The SMILES string of the molecule is COc1ccc(C(OCC2OC(n3cnc4c(=O)[15nH]c(NC(C)=O)nc43)C(O[Si](C)(C)C(C)(C)C)C2OP(OCCC#N)N(C(C)C)C(C)C)(c2ccccc2)c2ccc(OC)cc2)cc1. The molecule has 1 aliphatic rings. The van der Waals surface area contributed by atoms with Crippen molar-refractivity contribution in [3.63, 3.8) is 0 Å². The molecule has 66 heavy (non-hydrogen) atoms. The van der Waals surface area contributed by atoms with Crippen molar-refractivity contribution in [3.8, 4) is 17.6 Å². The fourth-order valence-electron chi connectivity index (χ4n) is 7.85. The van der Waals surface area contributed by atoms with Crippen LogP contribution in [0.2, 0.25) is 18.1 Å². The van der Waals surface area contributed by atoms with E-state index in [1.54, 1.807) is 18.8 Å². The summed E-state index contributed by atoms with van der Waals surface area (Å²) in [6.45, 7) is 20.5. The van der Waals surface area contributed by atoms with Gasteiger partial charge in [0.25, 0.3) is 14.1 Å². The molecular weight excluding hydrogens is 879 g/mol. The number of nitrogens with zero attached hydrogens (tertiary/aromatic N) is 5. The lowest BCUT2D eigenvalue weighted by Gasteiger charge is -2.42. The molecule has 0 aliphatic carbocycles. The fraction of sp³-hybridized carbons (Fsp3) is 0.479. The van der Waals surface area contributed by atoms with Gasteiger partial charge in [0, 0.05) is 19.0 Å². The maximum absolute atomic E-state index is 13.5. The normalized spacial score (nSPS) is 18.5. The van der Waals surface area contributed by atoms with Gasteiger partial charge in [-0.3, -0.25) is 24.5 Å². The number of H-pyrrole nitrogens is 1. The molecule has 6 rings (SSSR count). The highest BCUT2D eigenvalue weighted by Gasteiger charge is 2.54. The maximum atomic E-state index is 13.5. The van der Waals surface area contributed by atoms with Crippen molar-refractivity contribution in [3.05, 3.63) is 112 Å². The number of nitriles is 1. The van der Waals surface area contributed by atoms with Crippen LogP contribution in [0.3, 0.4) is 0 Å². The lowest BCUT2D eigenvalue weighted by atomic mass is 9.80. The molecular formula is C48H64N7O9PSi. The summed E-state index contributed by atoms with van der Waals surface area (Å²) in [6, 6.07) is 27.7. The molecule has 0 spiro atoms. The predicted molar refractivity (Wildman–Crippen MR) is 257 cm³/mol. The molecule has 5 atom stereocenters. The van der Waals surface area contributed by atoms with Crippen LogP contribution in [-0.4, -0.2) is 96.2 Å². The molecule has 354 valence electrons. The number of benzene rings is 3. The van der Waals surface area contributed by atoms with E-state index in [1.165, 1.54) is 13.3 Å². The van der Waals surface area contributed by atoms with Crippen molar-refractivity contribution in [1.82, 2.24) is 24.2 Å². The van der Waals surface area contributed by atoms with Gasteiger partial charge in [-0.25, -0.2) is 9.65 Å². The van der Waals surface area contributed by atoms with Crippen molar-refractivity contribution in [2.45, 2.75) is 122 Å². The number of rotatable bonds is 20. The van der Waals surface area contributed by atoms with Crippen molar-refractivity contribution < 1.29 is 37.2 Å². The Morgan fingerprint density at radius 1 is 0.939 bits per heavy atom. The number of hydrogen-bond donors (Lipinski definition) is 2. The number of hydrogen-bond acceptors (Lipinski definition) is 13. The summed E-state index contributed by atoms with van der Waals surface area (Å²) >= 11 is 0. The first-order valence-corrected chi connectivity index (χ1v) is 26.2. The number of methoxy groups -OCH3 is 2. The van der Waals surface area contributed by atoms with Gasteiger partial charge in [-0.15, -0.1) is 0 Å². The van der Waals surface area contributed by atoms with Gasteiger partial charge in [0.2, 0.25) is 11.9 Å². The minimum atomic E-state index is -2.69. The minimum absolute atomic E-state index is 0.0117. The number of nitrogens with one attached hydrogen (secondary N) is 2. The smallest absolute Gasteiger partial charge is 0.280 e. The minimum Gasteiger partial charge on any atom is -0.497 e. The number of amides is 1. The topological polar surface area (TPSA) is 184 Å². The number of aromatic amines is 1. The highest BCUT2D eigenvalue weighted by molar-refractivity contribution is 7.44. The third kappa shape index (κ3) is 10.9. The summed E-state index contributed by atoms with van der Waals surface area (Å²) < 4.78 is 51.1. The van der Waals surface area contributed by atoms with Gasteiger partial charge in [0.1, 0.15) is 35.4 Å². The van der Waals surface area contributed by atoms with Crippen LogP contribution in [0.1, 0.15) is 84.7 Å². The molecule has 1 saturated heterocycles. The Balaban J connectivity index is 1.59. The van der Waals surface area contributed by atoms with Gasteiger partial charge in [-0.1, -0.05) is 75.4 Å². The summed E-state index contributed by atoms with van der Waals surface area (Å²) in [5.41, 5.74) is 0.952. The van der Waals surface area contributed by atoms with Gasteiger partial charge >= 0.3 is 0 Å². The molecule has 0 saturated carbocycles. The molecule has 3 aromatic carbocycles. The summed E-state index contributed by atoms with van der Waals surface area (Å²) in [6.07, 6.45) is -1.88. The Morgan fingerprint density at radius 2 is 1.52 bits per heavy atom. The Morgan fingerprint density at radius 3 is 2.03 bits per heavy atom. The lowest BCUT2D eigenvalue weighted by Crippen LogP contribution is -2.50. The van der Waals surface area contributed by atoms with Crippen LogP contribution in [-0.2, 0) is 33.3 Å². The van der Waals surface area contributed by atoms with Gasteiger partial charge < -0.3 is 32.4 Å². The van der Waals surface area contributed by atoms with E-state index in [1.807, 2.05) is 78.9 Å². The fourth-order valence-corrected chi connectivity index (χ4v) is 10.9. The molecule has 1 amide bonds. The van der Waals surface area contributed by atoms with Crippen LogP contribution in [0.5, 0.6) is 11.5 Å².